The van der Waals surface area contributed by atoms with Crippen molar-refractivity contribution in [3.05, 3.63) is 51.0 Å². The zero-order valence-corrected chi connectivity index (χ0v) is 13.7. The molecule has 0 aliphatic rings. The number of aryl methyl sites for hydroxylation is 1. The zero-order valence-electron chi connectivity index (χ0n) is 11.3. The zero-order chi connectivity index (χ0) is 14.7. The lowest BCUT2D eigenvalue weighted by molar-refractivity contribution is 0.519. The fourth-order valence-electron chi connectivity index (χ4n) is 2.13. The maximum absolute atomic E-state index is 14.3. The highest BCUT2D eigenvalue weighted by molar-refractivity contribution is 9.10. The topological polar surface area (TPSA) is 29.9 Å². The van der Waals surface area contributed by atoms with Crippen LogP contribution in [-0.2, 0) is 7.05 Å². The fraction of sp³-hybridized carbons (Fsp3) is 0.357. The molecule has 0 aliphatic carbocycles. The molecule has 0 aliphatic heterocycles. The summed E-state index contributed by atoms with van der Waals surface area (Å²) < 4.78 is 16.9. The van der Waals surface area contributed by atoms with Crippen LogP contribution in [0.3, 0.4) is 0 Å². The van der Waals surface area contributed by atoms with Gasteiger partial charge in [-0.25, -0.2) is 4.39 Å². The molecule has 1 N–H and O–H groups in total. The summed E-state index contributed by atoms with van der Waals surface area (Å²) in [6, 6.07) is 4.75. The third-order valence-corrected chi connectivity index (χ3v) is 4.00. The summed E-state index contributed by atoms with van der Waals surface area (Å²) in [5.41, 5.74) is 1.40. The molecule has 2 aromatic rings. The van der Waals surface area contributed by atoms with Crippen molar-refractivity contribution < 1.29 is 4.39 Å². The second kappa shape index (κ2) is 6.70. The van der Waals surface area contributed by atoms with Crippen molar-refractivity contribution >= 4 is 27.5 Å². The number of hydrogen-bond acceptors (Lipinski definition) is 2. The first-order valence-electron chi connectivity index (χ1n) is 6.41. The van der Waals surface area contributed by atoms with Crippen LogP contribution in [0.15, 0.2) is 28.9 Å². The van der Waals surface area contributed by atoms with Gasteiger partial charge in [0.2, 0.25) is 0 Å². The minimum Gasteiger partial charge on any atom is -0.305 e. The summed E-state index contributed by atoms with van der Waals surface area (Å²) in [6.07, 6.45) is 2.66. The van der Waals surface area contributed by atoms with Crippen molar-refractivity contribution in [3.63, 3.8) is 0 Å². The van der Waals surface area contributed by atoms with E-state index in [1.807, 2.05) is 7.05 Å². The van der Waals surface area contributed by atoms with Crippen LogP contribution in [0.2, 0.25) is 5.02 Å². The average molecular weight is 361 g/mol. The first-order chi connectivity index (χ1) is 9.56. The molecule has 3 nitrogen and oxygen atoms in total. The molecule has 0 fully saturated rings. The summed E-state index contributed by atoms with van der Waals surface area (Å²) in [7, 11) is 1.84. The van der Waals surface area contributed by atoms with E-state index in [4.69, 9.17) is 11.6 Å². The van der Waals surface area contributed by atoms with E-state index < -0.39 is 5.82 Å². The van der Waals surface area contributed by atoms with E-state index in [1.165, 1.54) is 0 Å². The van der Waals surface area contributed by atoms with E-state index in [9.17, 15) is 4.39 Å². The number of aromatic nitrogens is 2. The van der Waals surface area contributed by atoms with Crippen molar-refractivity contribution in [3.8, 4) is 0 Å². The quantitative estimate of drug-likeness (QED) is 0.871. The number of rotatable bonds is 5. The molecule has 2 rings (SSSR count). The van der Waals surface area contributed by atoms with E-state index in [0.717, 1.165) is 23.1 Å². The summed E-state index contributed by atoms with van der Waals surface area (Å²) in [5, 5.41) is 7.67. The van der Waals surface area contributed by atoms with Crippen LogP contribution >= 0.6 is 27.5 Å². The van der Waals surface area contributed by atoms with Crippen LogP contribution in [0.5, 0.6) is 0 Å². The van der Waals surface area contributed by atoms with Crippen LogP contribution in [0, 0.1) is 5.82 Å². The van der Waals surface area contributed by atoms with Gasteiger partial charge in [0.05, 0.1) is 27.4 Å². The van der Waals surface area contributed by atoms with Crippen LogP contribution in [0.25, 0.3) is 0 Å². The molecule has 1 heterocycles. The normalized spacial score (nSPS) is 12.7. The molecule has 0 amide bonds. The average Bonchev–Trinajstić information content (AvgIpc) is 2.75. The largest absolute Gasteiger partial charge is 0.305 e. The molecule has 0 saturated carbocycles. The molecule has 0 bridgehead atoms. The first-order valence-corrected chi connectivity index (χ1v) is 7.58. The minimum atomic E-state index is -0.393. The molecule has 0 saturated heterocycles. The lowest BCUT2D eigenvalue weighted by Gasteiger charge is -2.21. The Morgan fingerprint density at radius 2 is 2.25 bits per heavy atom. The van der Waals surface area contributed by atoms with Gasteiger partial charge in [-0.1, -0.05) is 30.7 Å². The van der Waals surface area contributed by atoms with Gasteiger partial charge in [-0.3, -0.25) is 4.68 Å². The lowest BCUT2D eigenvalue weighted by Crippen LogP contribution is -2.26. The predicted octanol–water partition coefficient (Wildman–Crippen LogP) is 4.06. The third-order valence-electron chi connectivity index (χ3n) is 3.10. The highest BCUT2D eigenvalue weighted by atomic mass is 79.9. The van der Waals surface area contributed by atoms with Gasteiger partial charge < -0.3 is 5.32 Å². The highest BCUT2D eigenvalue weighted by Crippen LogP contribution is 2.31. The number of nitrogens with zero attached hydrogens (tertiary/aromatic N) is 2. The van der Waals surface area contributed by atoms with Gasteiger partial charge in [-0.2, -0.15) is 5.10 Å². The van der Waals surface area contributed by atoms with Gasteiger partial charge in [0.15, 0.2) is 0 Å². The molecule has 6 heteroatoms. The Labute approximate surface area is 131 Å². The van der Waals surface area contributed by atoms with E-state index >= 15 is 0 Å². The van der Waals surface area contributed by atoms with E-state index in [-0.39, 0.29) is 11.1 Å². The van der Waals surface area contributed by atoms with Crippen molar-refractivity contribution in [2.45, 2.75) is 19.4 Å². The Hall–Kier alpha value is -0.910. The molecular weight excluding hydrogens is 345 g/mol. The first kappa shape index (κ1) is 15.5. The van der Waals surface area contributed by atoms with Gasteiger partial charge in [0.1, 0.15) is 5.82 Å². The number of halogens is 3. The number of hydrogen-bond donors (Lipinski definition) is 1. The molecule has 0 radical (unpaired) electrons. The van der Waals surface area contributed by atoms with E-state index in [2.05, 4.69) is 33.3 Å². The van der Waals surface area contributed by atoms with Crippen molar-refractivity contribution in [2.75, 3.05) is 6.54 Å². The monoisotopic (exact) mass is 359 g/mol. The minimum absolute atomic E-state index is 0.129. The van der Waals surface area contributed by atoms with Gasteiger partial charge in [-0.05, 0) is 35.0 Å². The van der Waals surface area contributed by atoms with Crippen LogP contribution in [-0.4, -0.2) is 16.3 Å². The lowest BCUT2D eigenvalue weighted by atomic mass is 10.0. The van der Waals surface area contributed by atoms with Crippen LogP contribution in [0.4, 0.5) is 4.39 Å². The highest BCUT2D eigenvalue weighted by Gasteiger charge is 2.23. The standard InChI is InChI=1S/C14H16BrClFN3/c1-3-7-18-13(14-10(15)8-19-20(14)2)9-5-4-6-11(16)12(9)17/h4-6,8,13,18H,3,7H2,1-2H3. The van der Waals surface area contributed by atoms with Gasteiger partial charge >= 0.3 is 0 Å². The van der Waals surface area contributed by atoms with Gasteiger partial charge in [0.25, 0.3) is 0 Å². The number of benzene rings is 1. The van der Waals surface area contributed by atoms with Crippen molar-refractivity contribution in [1.29, 1.82) is 0 Å². The van der Waals surface area contributed by atoms with E-state index in [1.54, 1.807) is 29.1 Å². The Balaban J connectivity index is 2.50. The molecular formula is C14H16BrClFN3. The Morgan fingerprint density at radius 1 is 1.50 bits per heavy atom. The Kier molecular flexibility index (Phi) is 5.18. The van der Waals surface area contributed by atoms with Gasteiger partial charge in [-0.15, -0.1) is 0 Å². The van der Waals surface area contributed by atoms with Crippen LogP contribution in [0.1, 0.15) is 30.6 Å². The SMILES string of the molecule is CCCNC(c1cccc(Cl)c1F)c1c(Br)cnn1C. The second-order valence-corrected chi connectivity index (χ2v) is 5.79. The summed E-state index contributed by atoms with van der Waals surface area (Å²) in [6.45, 7) is 2.84. The third kappa shape index (κ3) is 3.05. The molecule has 0 spiro atoms. The summed E-state index contributed by atoms with van der Waals surface area (Å²) in [4.78, 5) is 0. The van der Waals surface area contributed by atoms with Crippen molar-refractivity contribution in [1.82, 2.24) is 15.1 Å². The molecule has 1 unspecified atom stereocenters. The van der Waals surface area contributed by atoms with Crippen molar-refractivity contribution in [2.24, 2.45) is 7.05 Å². The van der Waals surface area contributed by atoms with E-state index in [0.29, 0.717) is 5.56 Å². The van der Waals surface area contributed by atoms with Gasteiger partial charge in [0, 0.05) is 12.6 Å². The van der Waals surface area contributed by atoms with Crippen LogP contribution < -0.4 is 5.32 Å². The maximum atomic E-state index is 14.3. The smallest absolute Gasteiger partial charge is 0.146 e. The maximum Gasteiger partial charge on any atom is 0.146 e. The number of nitrogens with one attached hydrogen (secondary N) is 1. The summed E-state index contributed by atoms with van der Waals surface area (Å²) >= 11 is 9.37. The Bertz CT molecular complexity index is 581. The molecule has 1 aromatic carbocycles. The summed E-state index contributed by atoms with van der Waals surface area (Å²) in [5.74, 6) is -0.393. The second-order valence-electron chi connectivity index (χ2n) is 4.53. The fourth-order valence-corrected chi connectivity index (χ4v) is 2.89. The Morgan fingerprint density at radius 3 is 2.85 bits per heavy atom. The predicted molar refractivity (Wildman–Crippen MR) is 82.5 cm³/mol. The molecule has 1 atom stereocenters. The molecule has 20 heavy (non-hydrogen) atoms. The molecule has 1 aromatic heterocycles. The molecule has 108 valence electrons.